The van der Waals surface area contributed by atoms with E-state index in [1.807, 2.05) is 20.8 Å². The Hall–Kier alpha value is 0.0569. The van der Waals surface area contributed by atoms with Gasteiger partial charge < -0.3 is 13.3 Å². The average Bonchev–Trinajstić information content (AvgIpc) is 2.39. The summed E-state index contributed by atoms with van der Waals surface area (Å²) >= 11 is 0. The summed E-state index contributed by atoms with van der Waals surface area (Å²) in [5, 5.41) is 0. The average molecular weight is 275 g/mol. The second-order valence-electron chi connectivity index (χ2n) is 4.74. The van der Waals surface area contributed by atoms with Gasteiger partial charge in [-0.05, 0) is 46.1 Å². The molecule has 108 valence electrons. The first kappa shape index (κ1) is 16.1. The van der Waals surface area contributed by atoms with E-state index < -0.39 is 8.97 Å². The van der Waals surface area contributed by atoms with Crippen molar-refractivity contribution in [3.63, 3.8) is 0 Å². The van der Waals surface area contributed by atoms with Crippen molar-refractivity contribution in [2.75, 3.05) is 26.4 Å². The van der Waals surface area contributed by atoms with Gasteiger partial charge in [0.25, 0.3) is 0 Å². The van der Waals surface area contributed by atoms with Crippen LogP contribution in [0.25, 0.3) is 0 Å². The van der Waals surface area contributed by atoms with Crippen molar-refractivity contribution in [3.8, 4) is 0 Å². The number of rotatable bonds is 9. The second-order valence-corrected chi connectivity index (χ2v) is 7.07. The number of nitrogens with one attached hydrogen (secondary N) is 1. The molecule has 0 atom stereocenters. The Morgan fingerprint density at radius 3 is 1.83 bits per heavy atom. The van der Waals surface area contributed by atoms with Crippen molar-refractivity contribution in [2.45, 2.75) is 52.9 Å². The van der Waals surface area contributed by atoms with E-state index in [1.54, 1.807) is 0 Å². The Balaban J connectivity index is 2.46. The highest BCUT2D eigenvalue weighted by Gasteiger charge is 2.41. The Bertz CT molecular complexity index is 193. The molecular weight excluding hydrogens is 246 g/mol. The molecule has 18 heavy (non-hydrogen) atoms. The standard InChI is InChI=1S/C13H29NO3Si/c1-4-15-18(16-5-2,17-6-3)14-12-13-10-8-7-9-11-13/h13-14H,4-12H2,1-3H3. The number of hydrogen-bond acceptors (Lipinski definition) is 4. The van der Waals surface area contributed by atoms with Crippen molar-refractivity contribution < 1.29 is 13.3 Å². The first-order valence-electron chi connectivity index (χ1n) is 7.43. The highest BCUT2D eigenvalue weighted by Crippen LogP contribution is 2.23. The molecule has 0 amide bonds. The maximum absolute atomic E-state index is 5.78. The lowest BCUT2D eigenvalue weighted by atomic mass is 9.90. The van der Waals surface area contributed by atoms with Gasteiger partial charge in [-0.1, -0.05) is 19.3 Å². The first-order valence-corrected chi connectivity index (χ1v) is 9.15. The van der Waals surface area contributed by atoms with E-state index in [2.05, 4.69) is 4.98 Å². The first-order chi connectivity index (χ1) is 8.76. The van der Waals surface area contributed by atoms with Gasteiger partial charge in [-0.3, -0.25) is 4.98 Å². The fraction of sp³-hybridized carbons (Fsp3) is 1.00. The molecule has 0 spiro atoms. The maximum Gasteiger partial charge on any atom is 0.596 e. The maximum atomic E-state index is 5.78. The summed E-state index contributed by atoms with van der Waals surface area (Å²) in [6.07, 6.45) is 6.75. The molecule has 1 saturated carbocycles. The normalized spacial score (nSPS) is 18.2. The predicted molar refractivity (Wildman–Crippen MR) is 75.2 cm³/mol. The van der Waals surface area contributed by atoms with Gasteiger partial charge in [0.15, 0.2) is 0 Å². The highest BCUT2D eigenvalue weighted by atomic mass is 28.4. The number of hydrogen-bond donors (Lipinski definition) is 1. The zero-order chi connectivity index (χ0) is 13.3. The second kappa shape index (κ2) is 9.04. The van der Waals surface area contributed by atoms with Crippen molar-refractivity contribution in [1.82, 2.24) is 4.98 Å². The zero-order valence-electron chi connectivity index (χ0n) is 12.2. The molecule has 0 saturated heterocycles. The van der Waals surface area contributed by atoms with Gasteiger partial charge in [0, 0.05) is 19.8 Å². The lowest BCUT2D eigenvalue weighted by Crippen LogP contribution is -2.60. The molecule has 0 heterocycles. The molecule has 0 aromatic rings. The van der Waals surface area contributed by atoms with Crippen molar-refractivity contribution in [3.05, 3.63) is 0 Å². The quantitative estimate of drug-likeness (QED) is 0.657. The Morgan fingerprint density at radius 2 is 1.39 bits per heavy atom. The van der Waals surface area contributed by atoms with E-state index in [1.165, 1.54) is 32.1 Å². The molecule has 5 heteroatoms. The molecule has 0 unspecified atom stereocenters. The van der Waals surface area contributed by atoms with Crippen molar-refractivity contribution >= 4 is 8.97 Å². The molecule has 1 N–H and O–H groups in total. The van der Waals surface area contributed by atoms with Crippen molar-refractivity contribution in [2.24, 2.45) is 5.92 Å². The fourth-order valence-corrected chi connectivity index (χ4v) is 4.74. The summed E-state index contributed by atoms with van der Waals surface area (Å²) in [5.41, 5.74) is 0. The van der Waals surface area contributed by atoms with Crippen LogP contribution in [0.3, 0.4) is 0 Å². The SMILES string of the molecule is CCO[Si](NCC1CCCCC1)(OCC)OCC. The molecule has 0 aromatic heterocycles. The van der Waals surface area contributed by atoms with E-state index in [0.29, 0.717) is 19.8 Å². The van der Waals surface area contributed by atoms with Gasteiger partial charge in [0.05, 0.1) is 0 Å². The summed E-state index contributed by atoms with van der Waals surface area (Å²) in [7, 11) is -2.63. The van der Waals surface area contributed by atoms with E-state index in [9.17, 15) is 0 Å². The Kier molecular flexibility index (Phi) is 8.09. The van der Waals surface area contributed by atoms with Crippen LogP contribution in [0.1, 0.15) is 52.9 Å². The molecule has 0 bridgehead atoms. The molecule has 1 fully saturated rings. The zero-order valence-corrected chi connectivity index (χ0v) is 13.2. The van der Waals surface area contributed by atoms with Gasteiger partial charge in [-0.2, -0.15) is 0 Å². The highest BCUT2D eigenvalue weighted by molar-refractivity contribution is 6.57. The molecule has 4 nitrogen and oxygen atoms in total. The van der Waals surface area contributed by atoms with Crippen LogP contribution >= 0.6 is 0 Å². The van der Waals surface area contributed by atoms with Crippen LogP contribution < -0.4 is 4.98 Å². The van der Waals surface area contributed by atoms with Crippen LogP contribution in [0.2, 0.25) is 0 Å². The van der Waals surface area contributed by atoms with Gasteiger partial charge >= 0.3 is 8.97 Å². The monoisotopic (exact) mass is 275 g/mol. The lowest BCUT2D eigenvalue weighted by Gasteiger charge is -2.31. The lowest BCUT2D eigenvalue weighted by molar-refractivity contribution is 0.0579. The van der Waals surface area contributed by atoms with Crippen LogP contribution in [0.4, 0.5) is 0 Å². The molecule has 0 aromatic carbocycles. The van der Waals surface area contributed by atoms with Crippen LogP contribution in [0.5, 0.6) is 0 Å². The third kappa shape index (κ3) is 5.36. The molecule has 0 radical (unpaired) electrons. The van der Waals surface area contributed by atoms with Gasteiger partial charge in [-0.15, -0.1) is 0 Å². The smallest absolute Gasteiger partial charge is 0.361 e. The molecular formula is C13H29NO3Si. The van der Waals surface area contributed by atoms with E-state index in [4.69, 9.17) is 13.3 Å². The largest absolute Gasteiger partial charge is 0.596 e. The minimum atomic E-state index is -2.63. The fourth-order valence-electron chi connectivity index (χ4n) is 2.51. The van der Waals surface area contributed by atoms with Crippen molar-refractivity contribution in [1.29, 1.82) is 0 Å². The van der Waals surface area contributed by atoms with Crippen LogP contribution in [-0.4, -0.2) is 35.3 Å². The third-order valence-electron chi connectivity index (χ3n) is 3.34. The van der Waals surface area contributed by atoms with E-state index in [-0.39, 0.29) is 0 Å². The summed E-state index contributed by atoms with van der Waals surface area (Å²) in [4.78, 5) is 3.48. The molecule has 1 rings (SSSR count). The topological polar surface area (TPSA) is 39.7 Å². The minimum absolute atomic E-state index is 0.629. The summed E-state index contributed by atoms with van der Waals surface area (Å²) in [5.74, 6) is 0.756. The van der Waals surface area contributed by atoms with Gasteiger partial charge in [-0.25, -0.2) is 0 Å². The molecule has 1 aliphatic carbocycles. The predicted octanol–water partition coefficient (Wildman–Crippen LogP) is 2.70. The third-order valence-corrected chi connectivity index (χ3v) is 5.98. The van der Waals surface area contributed by atoms with Crippen LogP contribution in [0.15, 0.2) is 0 Å². The molecule has 0 aliphatic heterocycles. The summed E-state index contributed by atoms with van der Waals surface area (Å²) < 4.78 is 17.4. The van der Waals surface area contributed by atoms with E-state index >= 15 is 0 Å². The van der Waals surface area contributed by atoms with E-state index in [0.717, 1.165) is 12.5 Å². The Morgan fingerprint density at radius 1 is 0.889 bits per heavy atom. The van der Waals surface area contributed by atoms with Crippen LogP contribution in [-0.2, 0) is 13.3 Å². The summed E-state index contributed by atoms with van der Waals surface area (Å²) in [6, 6.07) is 0. The van der Waals surface area contributed by atoms with Gasteiger partial charge in [0.2, 0.25) is 0 Å². The molecule has 1 aliphatic rings. The van der Waals surface area contributed by atoms with Gasteiger partial charge in [0.1, 0.15) is 0 Å². The minimum Gasteiger partial charge on any atom is -0.361 e. The summed E-state index contributed by atoms with van der Waals surface area (Å²) in [6.45, 7) is 8.82. The van der Waals surface area contributed by atoms with Crippen LogP contribution in [0, 0.1) is 5.92 Å². The Labute approximate surface area is 113 Å².